The van der Waals surface area contributed by atoms with Crippen molar-refractivity contribution in [2.45, 2.75) is 20.3 Å². The second-order valence-electron chi connectivity index (χ2n) is 5.01. The molecule has 1 amide bonds. The van der Waals surface area contributed by atoms with Gasteiger partial charge in [-0.15, -0.1) is 0 Å². The summed E-state index contributed by atoms with van der Waals surface area (Å²) in [6.07, 6.45) is 0.864. The molecule has 0 saturated carbocycles. The van der Waals surface area contributed by atoms with Gasteiger partial charge in [0.1, 0.15) is 0 Å². The summed E-state index contributed by atoms with van der Waals surface area (Å²) in [7, 11) is 2.04. The Labute approximate surface area is 125 Å². The predicted octanol–water partition coefficient (Wildman–Crippen LogP) is 2.55. The average molecular weight is 287 g/mol. The van der Waals surface area contributed by atoms with E-state index in [1.54, 1.807) is 13.8 Å². The normalized spacial score (nSPS) is 10.4. The Bertz CT molecular complexity index is 593. The molecule has 1 aromatic carbocycles. The molecule has 0 aliphatic heterocycles. The summed E-state index contributed by atoms with van der Waals surface area (Å²) in [6.45, 7) is 4.99. The van der Waals surface area contributed by atoms with Crippen LogP contribution in [0.5, 0.6) is 0 Å². The molecule has 0 atom stereocenters. The number of nitrogens with zero attached hydrogens (tertiary/aromatic N) is 2. The molecule has 5 nitrogen and oxygen atoms in total. The minimum absolute atomic E-state index is 0.199. The smallest absolute Gasteiger partial charge is 0.289 e. The highest BCUT2D eigenvalue weighted by atomic mass is 16.4. The molecule has 0 unspecified atom stereocenters. The number of carbonyl (C=O) groups is 1. The summed E-state index contributed by atoms with van der Waals surface area (Å²) in [5.74, 6) is 0.626. The molecule has 1 heterocycles. The summed E-state index contributed by atoms with van der Waals surface area (Å²) in [5, 5.41) is 2.86. The number of para-hydroxylation sites is 1. The lowest BCUT2D eigenvalue weighted by molar-refractivity contribution is 0.0923. The maximum absolute atomic E-state index is 11.9. The lowest BCUT2D eigenvalue weighted by Crippen LogP contribution is -2.28. The Kier molecular flexibility index (Phi) is 4.98. The van der Waals surface area contributed by atoms with Crippen molar-refractivity contribution < 1.29 is 9.21 Å². The van der Waals surface area contributed by atoms with Crippen LogP contribution in [0.3, 0.4) is 0 Å². The number of oxazole rings is 1. The fourth-order valence-electron chi connectivity index (χ4n) is 2.15. The lowest BCUT2D eigenvalue weighted by Gasteiger charge is -2.19. The number of hydrogen-bond donors (Lipinski definition) is 1. The summed E-state index contributed by atoms with van der Waals surface area (Å²) in [6, 6.07) is 10.2. The van der Waals surface area contributed by atoms with Gasteiger partial charge in [0.05, 0.1) is 5.69 Å². The van der Waals surface area contributed by atoms with E-state index in [-0.39, 0.29) is 5.91 Å². The molecular formula is C16H21N3O2. The molecule has 0 fully saturated rings. The number of carbonyl (C=O) groups excluding carboxylic acids is 1. The highest BCUT2D eigenvalue weighted by Crippen LogP contribution is 2.11. The number of rotatable bonds is 6. The van der Waals surface area contributed by atoms with Crippen LogP contribution in [-0.4, -0.2) is 31.0 Å². The van der Waals surface area contributed by atoms with Crippen molar-refractivity contribution in [1.82, 2.24) is 10.3 Å². The third-order valence-electron chi connectivity index (χ3n) is 3.26. The van der Waals surface area contributed by atoms with E-state index >= 15 is 0 Å². The minimum atomic E-state index is -0.199. The van der Waals surface area contributed by atoms with Crippen LogP contribution in [0.1, 0.15) is 28.6 Å². The van der Waals surface area contributed by atoms with Crippen molar-refractivity contribution in [2.75, 3.05) is 25.0 Å². The van der Waals surface area contributed by atoms with Gasteiger partial charge < -0.3 is 14.6 Å². The molecule has 0 aliphatic carbocycles. The Morgan fingerprint density at radius 3 is 2.62 bits per heavy atom. The van der Waals surface area contributed by atoms with E-state index in [1.807, 2.05) is 25.2 Å². The van der Waals surface area contributed by atoms with Crippen molar-refractivity contribution in [2.24, 2.45) is 0 Å². The molecule has 0 aliphatic rings. The lowest BCUT2D eigenvalue weighted by atomic mass is 10.3. The van der Waals surface area contributed by atoms with Gasteiger partial charge in [0.2, 0.25) is 5.76 Å². The van der Waals surface area contributed by atoms with Gasteiger partial charge in [0.15, 0.2) is 5.89 Å². The Morgan fingerprint density at radius 2 is 2.00 bits per heavy atom. The van der Waals surface area contributed by atoms with Crippen LogP contribution in [0.4, 0.5) is 5.69 Å². The zero-order chi connectivity index (χ0) is 15.2. The molecule has 112 valence electrons. The van der Waals surface area contributed by atoms with Crippen LogP contribution in [0, 0.1) is 13.8 Å². The largest absolute Gasteiger partial charge is 0.436 e. The van der Waals surface area contributed by atoms with Gasteiger partial charge in [-0.3, -0.25) is 4.79 Å². The summed E-state index contributed by atoms with van der Waals surface area (Å²) in [4.78, 5) is 18.2. The quantitative estimate of drug-likeness (QED) is 0.830. The molecule has 5 heteroatoms. The van der Waals surface area contributed by atoms with Crippen LogP contribution in [0.2, 0.25) is 0 Å². The molecule has 0 saturated heterocycles. The second-order valence-corrected chi connectivity index (χ2v) is 5.01. The van der Waals surface area contributed by atoms with Gasteiger partial charge in [-0.1, -0.05) is 18.2 Å². The molecule has 1 aromatic heterocycles. The number of aryl methyl sites for hydroxylation is 2. The standard InChI is InChI=1S/C16H21N3O2/c1-12-15(21-13(2)18-12)16(20)17-10-7-11-19(3)14-8-5-4-6-9-14/h4-6,8-9H,7,10-11H2,1-3H3,(H,17,20). The molecule has 1 N–H and O–H groups in total. The van der Waals surface area contributed by atoms with Gasteiger partial charge in [0.25, 0.3) is 5.91 Å². The summed E-state index contributed by atoms with van der Waals surface area (Å²) in [5.41, 5.74) is 1.80. The average Bonchev–Trinajstić information content (AvgIpc) is 2.83. The van der Waals surface area contributed by atoms with Crippen molar-refractivity contribution in [3.63, 3.8) is 0 Å². The molecule has 0 spiro atoms. The van der Waals surface area contributed by atoms with E-state index in [0.29, 0.717) is 23.9 Å². The maximum atomic E-state index is 11.9. The Morgan fingerprint density at radius 1 is 1.29 bits per heavy atom. The van der Waals surface area contributed by atoms with Crippen molar-refractivity contribution in [3.8, 4) is 0 Å². The molecule has 2 rings (SSSR count). The number of anilines is 1. The number of benzene rings is 1. The molecule has 0 bridgehead atoms. The molecular weight excluding hydrogens is 266 g/mol. The zero-order valence-corrected chi connectivity index (χ0v) is 12.7. The summed E-state index contributed by atoms with van der Waals surface area (Å²) >= 11 is 0. The van der Waals surface area contributed by atoms with Gasteiger partial charge in [-0.2, -0.15) is 0 Å². The minimum Gasteiger partial charge on any atom is -0.436 e. The number of nitrogens with one attached hydrogen (secondary N) is 1. The van der Waals surface area contributed by atoms with E-state index in [4.69, 9.17) is 4.42 Å². The van der Waals surface area contributed by atoms with E-state index in [9.17, 15) is 4.79 Å². The van der Waals surface area contributed by atoms with E-state index in [0.717, 1.165) is 13.0 Å². The first-order valence-electron chi connectivity index (χ1n) is 7.06. The van der Waals surface area contributed by atoms with Crippen molar-refractivity contribution in [1.29, 1.82) is 0 Å². The van der Waals surface area contributed by atoms with E-state index in [1.165, 1.54) is 5.69 Å². The zero-order valence-electron chi connectivity index (χ0n) is 12.7. The first kappa shape index (κ1) is 15.1. The fraction of sp³-hybridized carbons (Fsp3) is 0.375. The van der Waals surface area contributed by atoms with Gasteiger partial charge in [-0.25, -0.2) is 4.98 Å². The maximum Gasteiger partial charge on any atom is 0.289 e. The van der Waals surface area contributed by atoms with Crippen LogP contribution in [0.15, 0.2) is 34.7 Å². The van der Waals surface area contributed by atoms with Crippen molar-refractivity contribution >= 4 is 11.6 Å². The van der Waals surface area contributed by atoms with Gasteiger partial charge in [-0.05, 0) is 25.5 Å². The second kappa shape index (κ2) is 6.92. The topological polar surface area (TPSA) is 58.4 Å². The highest BCUT2D eigenvalue weighted by molar-refractivity contribution is 5.92. The monoisotopic (exact) mass is 287 g/mol. The highest BCUT2D eigenvalue weighted by Gasteiger charge is 2.15. The van der Waals surface area contributed by atoms with Gasteiger partial charge in [0, 0.05) is 32.7 Å². The molecule has 2 aromatic rings. The van der Waals surface area contributed by atoms with Gasteiger partial charge >= 0.3 is 0 Å². The summed E-state index contributed by atoms with van der Waals surface area (Å²) < 4.78 is 5.29. The number of amides is 1. The number of aromatic nitrogens is 1. The Hall–Kier alpha value is -2.30. The SMILES string of the molecule is Cc1nc(C)c(C(=O)NCCCN(C)c2ccccc2)o1. The first-order valence-corrected chi connectivity index (χ1v) is 7.06. The number of hydrogen-bond acceptors (Lipinski definition) is 4. The Balaban J connectivity index is 1.75. The predicted molar refractivity (Wildman–Crippen MR) is 82.6 cm³/mol. The first-order chi connectivity index (χ1) is 10.1. The van der Waals surface area contributed by atoms with Crippen LogP contribution >= 0.6 is 0 Å². The molecule has 21 heavy (non-hydrogen) atoms. The molecule has 0 radical (unpaired) electrons. The third-order valence-corrected chi connectivity index (χ3v) is 3.26. The fourth-order valence-corrected chi connectivity index (χ4v) is 2.15. The van der Waals surface area contributed by atoms with Crippen LogP contribution < -0.4 is 10.2 Å². The van der Waals surface area contributed by atoms with Crippen LogP contribution in [-0.2, 0) is 0 Å². The van der Waals surface area contributed by atoms with E-state index < -0.39 is 0 Å². The van der Waals surface area contributed by atoms with Crippen LogP contribution in [0.25, 0.3) is 0 Å². The third kappa shape index (κ3) is 4.08. The van der Waals surface area contributed by atoms with E-state index in [2.05, 4.69) is 27.3 Å². The van der Waals surface area contributed by atoms with Crippen molar-refractivity contribution in [3.05, 3.63) is 47.7 Å².